The van der Waals surface area contributed by atoms with Crippen molar-refractivity contribution in [2.45, 2.75) is 33.3 Å². The number of amides is 1. The van der Waals surface area contributed by atoms with E-state index in [0.29, 0.717) is 5.56 Å². The van der Waals surface area contributed by atoms with Crippen molar-refractivity contribution in [3.8, 4) is 5.69 Å². The molecule has 0 radical (unpaired) electrons. The Morgan fingerprint density at radius 2 is 2.14 bits per heavy atom. The summed E-state index contributed by atoms with van der Waals surface area (Å²) in [5.74, 6) is -0.0582. The van der Waals surface area contributed by atoms with Crippen molar-refractivity contribution in [1.29, 1.82) is 0 Å². The van der Waals surface area contributed by atoms with Gasteiger partial charge in [-0.1, -0.05) is 38.5 Å². The van der Waals surface area contributed by atoms with Crippen molar-refractivity contribution in [1.82, 2.24) is 15.1 Å². The molecule has 118 valence electrons. The first-order chi connectivity index (χ1) is 10.5. The number of nitrogens with zero attached hydrogens (tertiary/aromatic N) is 2. The van der Waals surface area contributed by atoms with Crippen molar-refractivity contribution in [3.05, 3.63) is 47.8 Å². The molecule has 1 amide bonds. The van der Waals surface area contributed by atoms with Gasteiger partial charge in [-0.25, -0.2) is 4.68 Å². The van der Waals surface area contributed by atoms with E-state index in [9.17, 15) is 9.90 Å². The van der Waals surface area contributed by atoms with Crippen LogP contribution >= 0.6 is 0 Å². The summed E-state index contributed by atoms with van der Waals surface area (Å²) in [6.07, 6.45) is 3.59. The van der Waals surface area contributed by atoms with Crippen LogP contribution in [0, 0.1) is 12.8 Å². The third-order valence-corrected chi connectivity index (χ3v) is 3.98. The highest BCUT2D eigenvalue weighted by molar-refractivity contribution is 5.93. The zero-order chi connectivity index (χ0) is 16.1. The van der Waals surface area contributed by atoms with E-state index in [-0.39, 0.29) is 18.4 Å². The number of aromatic nitrogens is 2. The molecule has 0 bridgehead atoms. The molecular formula is C17H23N3O2. The number of nitrogens with one attached hydrogen (secondary N) is 1. The van der Waals surface area contributed by atoms with Gasteiger partial charge in [-0.15, -0.1) is 0 Å². The average Bonchev–Trinajstić information content (AvgIpc) is 3.01. The number of carbonyl (C=O) groups excluding carboxylic acids is 1. The highest BCUT2D eigenvalue weighted by Crippen LogP contribution is 2.13. The van der Waals surface area contributed by atoms with Gasteiger partial charge in [0.1, 0.15) is 0 Å². The van der Waals surface area contributed by atoms with Crippen LogP contribution in [0.4, 0.5) is 0 Å². The summed E-state index contributed by atoms with van der Waals surface area (Å²) in [5, 5.41) is 16.9. The molecule has 22 heavy (non-hydrogen) atoms. The van der Waals surface area contributed by atoms with Crippen LogP contribution in [-0.2, 0) is 0 Å². The maximum atomic E-state index is 12.1. The Kier molecular flexibility index (Phi) is 5.33. The number of aliphatic hydroxyl groups is 1. The number of benzene rings is 1. The molecular weight excluding hydrogens is 278 g/mol. The van der Waals surface area contributed by atoms with Crippen LogP contribution in [0.15, 0.2) is 36.7 Å². The normalized spacial score (nSPS) is 13.6. The maximum absolute atomic E-state index is 12.1. The SMILES string of the molecule is CCC(C)C(O)CNC(=O)c1cnn(-c2ccccc2C)c1. The fraction of sp³-hybridized carbons (Fsp3) is 0.412. The molecule has 1 aromatic heterocycles. The van der Waals surface area contributed by atoms with Crippen molar-refractivity contribution in [3.63, 3.8) is 0 Å². The highest BCUT2D eigenvalue weighted by Gasteiger charge is 2.15. The fourth-order valence-corrected chi connectivity index (χ4v) is 2.16. The minimum absolute atomic E-state index is 0.162. The summed E-state index contributed by atoms with van der Waals surface area (Å²) in [4.78, 5) is 12.1. The van der Waals surface area contributed by atoms with E-state index in [4.69, 9.17) is 0 Å². The summed E-state index contributed by atoms with van der Waals surface area (Å²) >= 11 is 0. The zero-order valence-electron chi connectivity index (χ0n) is 13.3. The number of para-hydroxylation sites is 1. The molecule has 0 saturated carbocycles. The summed E-state index contributed by atoms with van der Waals surface area (Å²) in [5.41, 5.74) is 2.52. The quantitative estimate of drug-likeness (QED) is 0.860. The summed E-state index contributed by atoms with van der Waals surface area (Å²) in [6, 6.07) is 7.86. The van der Waals surface area contributed by atoms with Crippen LogP contribution in [0.25, 0.3) is 5.69 Å². The number of rotatable bonds is 6. The molecule has 1 aromatic carbocycles. The van der Waals surface area contributed by atoms with Crippen LogP contribution in [0.5, 0.6) is 0 Å². The lowest BCUT2D eigenvalue weighted by atomic mass is 10.0. The molecule has 5 nitrogen and oxygen atoms in total. The number of hydrogen-bond donors (Lipinski definition) is 2. The Balaban J connectivity index is 2.02. The third kappa shape index (κ3) is 3.74. The average molecular weight is 301 g/mol. The van der Waals surface area contributed by atoms with Crippen molar-refractivity contribution in [2.75, 3.05) is 6.54 Å². The predicted octanol–water partition coefficient (Wildman–Crippen LogP) is 2.32. The third-order valence-electron chi connectivity index (χ3n) is 3.98. The van der Waals surface area contributed by atoms with E-state index < -0.39 is 6.10 Å². The molecule has 0 spiro atoms. The van der Waals surface area contributed by atoms with E-state index >= 15 is 0 Å². The Morgan fingerprint density at radius 3 is 2.82 bits per heavy atom. The predicted molar refractivity (Wildman–Crippen MR) is 86.1 cm³/mol. The topological polar surface area (TPSA) is 67.2 Å². The Labute approximate surface area is 131 Å². The van der Waals surface area contributed by atoms with E-state index in [1.807, 2.05) is 45.0 Å². The molecule has 0 aliphatic carbocycles. The van der Waals surface area contributed by atoms with Crippen LogP contribution in [-0.4, -0.2) is 33.4 Å². The number of hydrogen-bond acceptors (Lipinski definition) is 3. The first-order valence-electron chi connectivity index (χ1n) is 7.59. The maximum Gasteiger partial charge on any atom is 0.254 e. The first kappa shape index (κ1) is 16.2. The van der Waals surface area contributed by atoms with Crippen LogP contribution in [0.2, 0.25) is 0 Å². The molecule has 1 heterocycles. The largest absolute Gasteiger partial charge is 0.391 e. The van der Waals surface area contributed by atoms with E-state index in [1.54, 1.807) is 10.9 Å². The van der Waals surface area contributed by atoms with E-state index in [0.717, 1.165) is 17.7 Å². The second-order valence-electron chi connectivity index (χ2n) is 5.62. The van der Waals surface area contributed by atoms with Gasteiger partial charge in [0.05, 0.1) is 23.6 Å². The lowest BCUT2D eigenvalue weighted by Crippen LogP contribution is -2.35. The Hall–Kier alpha value is -2.14. The van der Waals surface area contributed by atoms with Gasteiger partial charge in [-0.3, -0.25) is 4.79 Å². The standard InChI is InChI=1S/C17H23N3O2/c1-4-12(2)16(21)10-18-17(22)14-9-19-20(11-14)15-8-6-5-7-13(15)3/h5-9,11-12,16,21H,4,10H2,1-3H3,(H,18,22). The minimum Gasteiger partial charge on any atom is -0.391 e. The van der Waals surface area contributed by atoms with Gasteiger partial charge in [0.2, 0.25) is 0 Å². The molecule has 0 saturated heterocycles. The smallest absolute Gasteiger partial charge is 0.254 e. The van der Waals surface area contributed by atoms with Crippen molar-refractivity contribution in [2.24, 2.45) is 5.92 Å². The minimum atomic E-state index is -0.527. The molecule has 5 heteroatoms. The second-order valence-corrected chi connectivity index (χ2v) is 5.62. The molecule has 2 unspecified atom stereocenters. The van der Waals surface area contributed by atoms with Gasteiger partial charge in [-0.2, -0.15) is 5.10 Å². The molecule has 0 aliphatic heterocycles. The Bertz CT molecular complexity index is 636. The van der Waals surface area contributed by atoms with E-state index in [1.165, 1.54) is 6.20 Å². The number of carbonyl (C=O) groups is 1. The van der Waals surface area contributed by atoms with Gasteiger partial charge in [0.15, 0.2) is 0 Å². The summed E-state index contributed by atoms with van der Waals surface area (Å²) < 4.78 is 1.69. The van der Waals surface area contributed by atoms with Gasteiger partial charge in [0.25, 0.3) is 5.91 Å². The van der Waals surface area contributed by atoms with Gasteiger partial charge in [0, 0.05) is 12.7 Å². The summed E-state index contributed by atoms with van der Waals surface area (Å²) in [6.45, 7) is 6.23. The number of aryl methyl sites for hydroxylation is 1. The van der Waals surface area contributed by atoms with Gasteiger partial charge < -0.3 is 10.4 Å². The van der Waals surface area contributed by atoms with Gasteiger partial charge in [-0.05, 0) is 24.5 Å². The Morgan fingerprint density at radius 1 is 1.41 bits per heavy atom. The van der Waals surface area contributed by atoms with Gasteiger partial charge >= 0.3 is 0 Å². The van der Waals surface area contributed by atoms with Crippen LogP contribution in [0.3, 0.4) is 0 Å². The molecule has 0 fully saturated rings. The number of aliphatic hydroxyl groups excluding tert-OH is 1. The fourth-order valence-electron chi connectivity index (χ4n) is 2.16. The van der Waals surface area contributed by atoms with Crippen LogP contribution in [0.1, 0.15) is 36.2 Å². The molecule has 2 atom stereocenters. The lowest BCUT2D eigenvalue weighted by molar-refractivity contribution is 0.0850. The molecule has 2 N–H and O–H groups in total. The van der Waals surface area contributed by atoms with Crippen molar-refractivity contribution >= 4 is 5.91 Å². The first-order valence-corrected chi connectivity index (χ1v) is 7.59. The lowest BCUT2D eigenvalue weighted by Gasteiger charge is -2.17. The zero-order valence-corrected chi connectivity index (χ0v) is 13.3. The molecule has 2 aromatic rings. The molecule has 0 aliphatic rings. The van der Waals surface area contributed by atoms with E-state index in [2.05, 4.69) is 10.4 Å². The summed E-state index contributed by atoms with van der Waals surface area (Å²) in [7, 11) is 0. The molecule has 2 rings (SSSR count). The van der Waals surface area contributed by atoms with Crippen molar-refractivity contribution < 1.29 is 9.90 Å². The van der Waals surface area contributed by atoms with Crippen LogP contribution < -0.4 is 5.32 Å². The highest BCUT2D eigenvalue weighted by atomic mass is 16.3. The monoisotopic (exact) mass is 301 g/mol. The second kappa shape index (κ2) is 7.22.